The zero-order valence-electron chi connectivity index (χ0n) is 13.4. The Bertz CT molecular complexity index is 910. The molecule has 2 aromatic carbocycles. The van der Waals surface area contributed by atoms with Gasteiger partial charge < -0.3 is 10.1 Å². The molecule has 132 valence electrons. The number of nitrogens with one attached hydrogen (secondary N) is 1. The first-order chi connectivity index (χ1) is 12.5. The van der Waals surface area contributed by atoms with E-state index in [0.717, 1.165) is 18.2 Å². The first-order valence-corrected chi connectivity index (χ1v) is 7.63. The Kier molecular flexibility index (Phi) is 5.17. The summed E-state index contributed by atoms with van der Waals surface area (Å²) in [6.45, 7) is -0.0710. The van der Waals surface area contributed by atoms with Crippen molar-refractivity contribution in [1.82, 2.24) is 10.3 Å². The molecular weight excluding hydrogens is 345 g/mol. The molecule has 26 heavy (non-hydrogen) atoms. The third kappa shape index (κ3) is 4.38. The lowest BCUT2D eigenvalue weighted by Crippen LogP contribution is -2.23. The molecule has 3 rings (SSSR count). The highest BCUT2D eigenvalue weighted by atomic mass is 19.1. The number of hydrogen-bond acceptors (Lipinski definition) is 3. The van der Waals surface area contributed by atoms with Gasteiger partial charge in [0.15, 0.2) is 0 Å². The van der Waals surface area contributed by atoms with Crippen LogP contribution in [0.3, 0.4) is 0 Å². The second-order valence-corrected chi connectivity index (χ2v) is 5.37. The van der Waals surface area contributed by atoms with Crippen molar-refractivity contribution < 1.29 is 22.7 Å². The third-order valence-electron chi connectivity index (χ3n) is 3.42. The summed E-state index contributed by atoms with van der Waals surface area (Å²) >= 11 is 0. The lowest BCUT2D eigenvalue weighted by Gasteiger charge is -2.10. The van der Waals surface area contributed by atoms with Gasteiger partial charge in [0.2, 0.25) is 5.88 Å². The van der Waals surface area contributed by atoms with Crippen LogP contribution in [0.15, 0.2) is 60.8 Å². The molecule has 0 fully saturated rings. The summed E-state index contributed by atoms with van der Waals surface area (Å²) in [7, 11) is 0. The molecule has 0 aliphatic rings. The Labute approximate surface area is 147 Å². The van der Waals surface area contributed by atoms with Gasteiger partial charge in [-0.05, 0) is 54.1 Å². The molecule has 7 heteroatoms. The van der Waals surface area contributed by atoms with Crippen LogP contribution in [0.5, 0.6) is 11.6 Å². The van der Waals surface area contributed by atoms with Gasteiger partial charge in [-0.2, -0.15) is 0 Å². The summed E-state index contributed by atoms with van der Waals surface area (Å²) in [6, 6.07) is 11.3. The molecule has 1 heterocycles. The van der Waals surface area contributed by atoms with Crippen LogP contribution in [0.25, 0.3) is 0 Å². The van der Waals surface area contributed by atoms with Crippen molar-refractivity contribution in [3.8, 4) is 11.6 Å². The number of nitrogens with zero attached hydrogens (tertiary/aromatic N) is 1. The van der Waals surface area contributed by atoms with Gasteiger partial charge >= 0.3 is 0 Å². The average Bonchev–Trinajstić information content (AvgIpc) is 2.61. The highest BCUT2D eigenvalue weighted by Crippen LogP contribution is 2.23. The minimum Gasteiger partial charge on any atom is -0.438 e. The first-order valence-electron chi connectivity index (χ1n) is 7.63. The predicted octanol–water partition coefficient (Wildman–Crippen LogP) is 4.22. The normalized spacial score (nSPS) is 10.4. The molecular formula is C19H13F3N2O2. The molecule has 0 saturated carbocycles. The molecule has 1 aromatic heterocycles. The summed E-state index contributed by atoms with van der Waals surface area (Å²) in [6.07, 6.45) is 1.44. The minimum atomic E-state index is -0.726. The van der Waals surface area contributed by atoms with Crippen molar-refractivity contribution in [2.75, 3.05) is 0 Å². The molecule has 0 radical (unpaired) electrons. The Balaban J connectivity index is 1.74. The van der Waals surface area contributed by atoms with E-state index in [-0.39, 0.29) is 23.6 Å². The van der Waals surface area contributed by atoms with Gasteiger partial charge in [-0.15, -0.1) is 0 Å². The maximum absolute atomic E-state index is 13.2. The molecule has 4 nitrogen and oxygen atoms in total. The second kappa shape index (κ2) is 7.69. The summed E-state index contributed by atoms with van der Waals surface area (Å²) < 4.78 is 44.9. The van der Waals surface area contributed by atoms with E-state index in [1.54, 1.807) is 6.07 Å². The summed E-state index contributed by atoms with van der Waals surface area (Å²) in [5.41, 5.74) is 0.412. The maximum atomic E-state index is 13.2. The van der Waals surface area contributed by atoms with Gasteiger partial charge in [-0.25, -0.2) is 18.2 Å². The van der Waals surface area contributed by atoms with E-state index in [1.165, 1.54) is 36.5 Å². The standard InChI is InChI=1S/C19H13F3N2O2/c20-13-3-5-16(6-4-13)26-19-17(2-1-7-23-19)18(25)24-11-12-8-14(21)10-15(22)9-12/h1-10H,11H2,(H,24,25). The summed E-state index contributed by atoms with van der Waals surface area (Å²) in [5.74, 6) is -2.06. The highest BCUT2D eigenvalue weighted by molar-refractivity contribution is 5.96. The number of amides is 1. The molecule has 0 spiro atoms. The van der Waals surface area contributed by atoms with E-state index < -0.39 is 23.4 Å². The molecule has 0 saturated heterocycles. The zero-order valence-corrected chi connectivity index (χ0v) is 13.4. The number of hydrogen-bond donors (Lipinski definition) is 1. The minimum absolute atomic E-state index is 0.0297. The van der Waals surface area contributed by atoms with Gasteiger partial charge in [0.05, 0.1) is 0 Å². The number of benzene rings is 2. The van der Waals surface area contributed by atoms with Crippen LogP contribution in [0, 0.1) is 17.5 Å². The van der Waals surface area contributed by atoms with Crippen LogP contribution in [-0.2, 0) is 6.54 Å². The lowest BCUT2D eigenvalue weighted by molar-refractivity contribution is 0.0948. The second-order valence-electron chi connectivity index (χ2n) is 5.37. The Morgan fingerprint density at radius 1 is 0.962 bits per heavy atom. The van der Waals surface area contributed by atoms with Crippen molar-refractivity contribution in [2.24, 2.45) is 0 Å². The Morgan fingerprint density at radius 2 is 1.65 bits per heavy atom. The van der Waals surface area contributed by atoms with E-state index in [1.807, 2.05) is 0 Å². The topological polar surface area (TPSA) is 51.2 Å². The smallest absolute Gasteiger partial charge is 0.257 e. The van der Waals surface area contributed by atoms with Crippen LogP contribution in [0.4, 0.5) is 13.2 Å². The fourth-order valence-electron chi connectivity index (χ4n) is 2.25. The van der Waals surface area contributed by atoms with E-state index in [4.69, 9.17) is 4.74 Å². The molecule has 0 atom stereocenters. The van der Waals surface area contributed by atoms with Crippen LogP contribution in [0.1, 0.15) is 15.9 Å². The average molecular weight is 358 g/mol. The molecule has 1 N–H and O–H groups in total. The molecule has 1 amide bonds. The number of carbonyl (C=O) groups is 1. The van der Waals surface area contributed by atoms with E-state index in [2.05, 4.69) is 10.3 Å². The SMILES string of the molecule is O=C(NCc1cc(F)cc(F)c1)c1cccnc1Oc1ccc(F)cc1. The predicted molar refractivity (Wildman–Crippen MR) is 88.2 cm³/mol. The van der Waals surface area contributed by atoms with E-state index in [9.17, 15) is 18.0 Å². The lowest BCUT2D eigenvalue weighted by atomic mass is 10.2. The van der Waals surface area contributed by atoms with Gasteiger partial charge in [0, 0.05) is 18.8 Å². The highest BCUT2D eigenvalue weighted by Gasteiger charge is 2.14. The molecule has 0 unspecified atom stereocenters. The van der Waals surface area contributed by atoms with Crippen molar-refractivity contribution in [2.45, 2.75) is 6.54 Å². The van der Waals surface area contributed by atoms with E-state index >= 15 is 0 Å². The Hall–Kier alpha value is -3.35. The number of halogens is 3. The monoisotopic (exact) mass is 358 g/mol. The van der Waals surface area contributed by atoms with Crippen LogP contribution in [-0.4, -0.2) is 10.9 Å². The fraction of sp³-hybridized carbons (Fsp3) is 0.0526. The molecule has 0 aliphatic heterocycles. The third-order valence-corrected chi connectivity index (χ3v) is 3.42. The summed E-state index contributed by atoms with van der Waals surface area (Å²) in [5, 5.41) is 2.55. The van der Waals surface area contributed by atoms with Crippen molar-refractivity contribution in [3.05, 3.63) is 89.4 Å². The maximum Gasteiger partial charge on any atom is 0.257 e. The van der Waals surface area contributed by atoms with E-state index in [0.29, 0.717) is 5.75 Å². The largest absolute Gasteiger partial charge is 0.438 e. The number of carbonyl (C=O) groups excluding carboxylic acids is 1. The first kappa shape index (κ1) is 17.5. The van der Waals surface area contributed by atoms with Crippen molar-refractivity contribution in [1.29, 1.82) is 0 Å². The zero-order chi connectivity index (χ0) is 18.5. The van der Waals surface area contributed by atoms with Crippen molar-refractivity contribution in [3.63, 3.8) is 0 Å². The van der Waals surface area contributed by atoms with Gasteiger partial charge in [-0.1, -0.05) is 0 Å². The number of ether oxygens (including phenoxy) is 1. The van der Waals surface area contributed by atoms with Gasteiger partial charge in [-0.3, -0.25) is 4.79 Å². The fourth-order valence-corrected chi connectivity index (χ4v) is 2.25. The van der Waals surface area contributed by atoms with Gasteiger partial charge in [0.1, 0.15) is 28.8 Å². The molecule has 3 aromatic rings. The van der Waals surface area contributed by atoms with Crippen LogP contribution < -0.4 is 10.1 Å². The quantitative estimate of drug-likeness (QED) is 0.743. The van der Waals surface area contributed by atoms with Crippen LogP contribution in [0.2, 0.25) is 0 Å². The molecule has 0 aliphatic carbocycles. The van der Waals surface area contributed by atoms with Gasteiger partial charge in [0.25, 0.3) is 5.91 Å². The number of rotatable bonds is 5. The number of pyridine rings is 1. The number of aromatic nitrogens is 1. The van der Waals surface area contributed by atoms with Crippen molar-refractivity contribution >= 4 is 5.91 Å². The summed E-state index contributed by atoms with van der Waals surface area (Å²) in [4.78, 5) is 16.4. The molecule has 0 bridgehead atoms. The Morgan fingerprint density at radius 3 is 2.35 bits per heavy atom. The van der Waals surface area contributed by atoms with Crippen LogP contribution >= 0.6 is 0 Å².